The quantitative estimate of drug-likeness (QED) is 0.801. The number of hydrogen-bond donors (Lipinski definition) is 2. The minimum Gasteiger partial charge on any atom is -0.389 e. The van der Waals surface area contributed by atoms with Gasteiger partial charge in [0.1, 0.15) is 0 Å². The molecule has 1 aliphatic heterocycles. The van der Waals surface area contributed by atoms with E-state index in [4.69, 9.17) is 4.74 Å². The molecule has 1 saturated carbocycles. The maximum absolute atomic E-state index is 9.96. The molecule has 2 aliphatic rings. The summed E-state index contributed by atoms with van der Waals surface area (Å²) in [5.74, 6) is 0.619. The molecule has 1 aromatic rings. The molecule has 2 heterocycles. The van der Waals surface area contributed by atoms with Crippen LogP contribution in [-0.2, 0) is 11.3 Å². The van der Waals surface area contributed by atoms with Crippen LogP contribution in [0.15, 0.2) is 6.20 Å². The standard InChI is InChI=1S/C13H22N4O2/c1-8(2)14-13-11(18)7-19-12(13)6-17-5-10(15-16-17)9-3-4-9/h5,8-9,11-14,18H,3-4,6-7H2,1-2H3/t11-,12+,13+/m0/s1. The van der Waals surface area contributed by atoms with Gasteiger partial charge in [0.25, 0.3) is 0 Å². The number of aliphatic hydroxyl groups is 1. The van der Waals surface area contributed by atoms with Gasteiger partial charge in [-0.3, -0.25) is 0 Å². The van der Waals surface area contributed by atoms with Gasteiger partial charge in [-0.15, -0.1) is 5.10 Å². The Morgan fingerprint density at radius 2 is 2.32 bits per heavy atom. The number of nitrogens with zero attached hydrogens (tertiary/aromatic N) is 3. The third-order valence-corrected chi connectivity index (χ3v) is 3.74. The Balaban J connectivity index is 1.63. The van der Waals surface area contributed by atoms with Crippen LogP contribution in [0.5, 0.6) is 0 Å². The summed E-state index contributed by atoms with van der Waals surface area (Å²) >= 11 is 0. The van der Waals surface area contributed by atoms with E-state index in [1.54, 1.807) is 0 Å². The van der Waals surface area contributed by atoms with Gasteiger partial charge in [0, 0.05) is 18.2 Å². The largest absolute Gasteiger partial charge is 0.389 e. The van der Waals surface area contributed by atoms with E-state index in [1.165, 1.54) is 12.8 Å². The molecule has 0 spiro atoms. The van der Waals surface area contributed by atoms with E-state index in [0.717, 1.165) is 5.69 Å². The van der Waals surface area contributed by atoms with Gasteiger partial charge in [-0.25, -0.2) is 4.68 Å². The molecule has 0 bridgehead atoms. The fourth-order valence-electron chi connectivity index (χ4n) is 2.60. The molecule has 0 unspecified atom stereocenters. The minimum atomic E-state index is -0.446. The van der Waals surface area contributed by atoms with E-state index < -0.39 is 6.10 Å². The summed E-state index contributed by atoms with van der Waals surface area (Å²) < 4.78 is 7.51. The highest BCUT2D eigenvalue weighted by molar-refractivity contribution is 5.09. The van der Waals surface area contributed by atoms with E-state index in [1.807, 2.05) is 10.9 Å². The SMILES string of the molecule is CC(C)N[C@@H]1[C@@H](O)CO[C@@H]1Cn1cc(C2CC2)nn1. The first-order valence-corrected chi connectivity index (χ1v) is 7.09. The number of nitrogens with one attached hydrogen (secondary N) is 1. The second-order valence-corrected chi connectivity index (χ2v) is 5.93. The summed E-state index contributed by atoms with van der Waals surface area (Å²) in [4.78, 5) is 0. The molecular weight excluding hydrogens is 244 g/mol. The van der Waals surface area contributed by atoms with Crippen LogP contribution in [0.2, 0.25) is 0 Å². The topological polar surface area (TPSA) is 72.2 Å². The van der Waals surface area contributed by atoms with Crippen molar-refractivity contribution in [3.05, 3.63) is 11.9 Å². The van der Waals surface area contributed by atoms with Crippen LogP contribution >= 0.6 is 0 Å². The zero-order valence-corrected chi connectivity index (χ0v) is 11.5. The number of rotatable bonds is 5. The van der Waals surface area contributed by atoms with Crippen molar-refractivity contribution in [2.45, 2.75) is 63.4 Å². The summed E-state index contributed by atoms with van der Waals surface area (Å²) in [6.45, 7) is 5.17. The molecule has 19 heavy (non-hydrogen) atoms. The Labute approximate surface area is 113 Å². The number of ether oxygens (including phenoxy) is 1. The molecule has 6 nitrogen and oxygen atoms in total. The van der Waals surface area contributed by atoms with Crippen molar-refractivity contribution in [1.82, 2.24) is 20.3 Å². The van der Waals surface area contributed by atoms with Crippen molar-refractivity contribution in [2.24, 2.45) is 0 Å². The molecular formula is C13H22N4O2. The van der Waals surface area contributed by atoms with Crippen molar-refractivity contribution in [2.75, 3.05) is 6.61 Å². The molecule has 3 atom stereocenters. The summed E-state index contributed by atoms with van der Waals surface area (Å²) in [6, 6.07) is 0.287. The van der Waals surface area contributed by atoms with Crippen LogP contribution in [0, 0.1) is 0 Å². The van der Waals surface area contributed by atoms with Crippen LogP contribution in [0.3, 0.4) is 0 Å². The van der Waals surface area contributed by atoms with E-state index in [2.05, 4.69) is 29.5 Å². The van der Waals surface area contributed by atoms with Gasteiger partial charge in [0.2, 0.25) is 0 Å². The molecule has 6 heteroatoms. The minimum absolute atomic E-state index is 0.0337. The molecule has 2 fully saturated rings. The van der Waals surface area contributed by atoms with Gasteiger partial charge in [-0.1, -0.05) is 19.1 Å². The second kappa shape index (κ2) is 5.19. The lowest BCUT2D eigenvalue weighted by molar-refractivity contribution is 0.0737. The van der Waals surface area contributed by atoms with Crippen LogP contribution in [0.1, 0.15) is 38.3 Å². The normalized spacial score (nSPS) is 31.3. The zero-order valence-electron chi connectivity index (χ0n) is 11.5. The molecule has 1 aromatic heterocycles. The highest BCUT2D eigenvalue weighted by atomic mass is 16.5. The summed E-state index contributed by atoms with van der Waals surface area (Å²) in [7, 11) is 0. The average molecular weight is 266 g/mol. The van der Waals surface area contributed by atoms with Gasteiger partial charge in [0.15, 0.2) is 0 Å². The van der Waals surface area contributed by atoms with Crippen molar-refractivity contribution in [3.8, 4) is 0 Å². The Morgan fingerprint density at radius 1 is 1.53 bits per heavy atom. The lowest BCUT2D eigenvalue weighted by atomic mass is 10.1. The predicted molar refractivity (Wildman–Crippen MR) is 69.8 cm³/mol. The Kier molecular flexibility index (Phi) is 3.56. The lowest BCUT2D eigenvalue weighted by Crippen LogP contribution is -2.48. The molecule has 0 aromatic carbocycles. The van der Waals surface area contributed by atoms with Crippen LogP contribution in [0.25, 0.3) is 0 Å². The molecule has 2 N–H and O–H groups in total. The third-order valence-electron chi connectivity index (χ3n) is 3.74. The Morgan fingerprint density at radius 3 is 3.00 bits per heavy atom. The molecule has 106 valence electrons. The van der Waals surface area contributed by atoms with E-state index >= 15 is 0 Å². The molecule has 3 rings (SSSR count). The second-order valence-electron chi connectivity index (χ2n) is 5.93. The molecule has 1 aliphatic carbocycles. The molecule has 0 amide bonds. The number of aromatic nitrogens is 3. The summed E-state index contributed by atoms with van der Waals surface area (Å²) in [5.41, 5.74) is 1.09. The van der Waals surface area contributed by atoms with Crippen LogP contribution in [-0.4, -0.2) is 51.0 Å². The number of hydrogen-bond acceptors (Lipinski definition) is 5. The van der Waals surface area contributed by atoms with E-state index in [-0.39, 0.29) is 12.1 Å². The summed E-state index contributed by atoms with van der Waals surface area (Å²) in [6.07, 6.45) is 3.98. The van der Waals surface area contributed by atoms with Crippen molar-refractivity contribution >= 4 is 0 Å². The highest BCUT2D eigenvalue weighted by Crippen LogP contribution is 2.38. The van der Waals surface area contributed by atoms with Gasteiger partial charge < -0.3 is 15.2 Å². The average Bonchev–Trinajstić information content (AvgIpc) is 3.03. The van der Waals surface area contributed by atoms with Gasteiger partial charge in [-0.05, 0) is 12.8 Å². The molecule has 0 radical (unpaired) electrons. The van der Waals surface area contributed by atoms with Gasteiger partial charge in [-0.2, -0.15) is 0 Å². The maximum atomic E-state index is 9.96. The zero-order chi connectivity index (χ0) is 13.4. The van der Waals surface area contributed by atoms with Crippen molar-refractivity contribution < 1.29 is 9.84 Å². The van der Waals surface area contributed by atoms with E-state index in [9.17, 15) is 5.11 Å². The van der Waals surface area contributed by atoms with Gasteiger partial charge >= 0.3 is 0 Å². The Hall–Kier alpha value is -0.980. The van der Waals surface area contributed by atoms with Gasteiger partial charge in [0.05, 0.1) is 37.1 Å². The first-order chi connectivity index (χ1) is 9.13. The van der Waals surface area contributed by atoms with Crippen LogP contribution in [0.4, 0.5) is 0 Å². The third kappa shape index (κ3) is 2.96. The fourth-order valence-corrected chi connectivity index (χ4v) is 2.60. The Bertz CT molecular complexity index is 430. The smallest absolute Gasteiger partial charge is 0.0952 e. The molecule has 1 saturated heterocycles. The lowest BCUT2D eigenvalue weighted by Gasteiger charge is -2.23. The highest BCUT2D eigenvalue weighted by Gasteiger charge is 2.37. The van der Waals surface area contributed by atoms with E-state index in [0.29, 0.717) is 25.1 Å². The maximum Gasteiger partial charge on any atom is 0.0952 e. The van der Waals surface area contributed by atoms with Crippen LogP contribution < -0.4 is 5.32 Å². The monoisotopic (exact) mass is 266 g/mol. The van der Waals surface area contributed by atoms with Crippen molar-refractivity contribution in [3.63, 3.8) is 0 Å². The first kappa shape index (κ1) is 13.0. The predicted octanol–water partition coefficient (Wildman–Crippen LogP) is 0.282. The fraction of sp³-hybridized carbons (Fsp3) is 0.846. The first-order valence-electron chi connectivity index (χ1n) is 7.09. The number of aliphatic hydroxyl groups excluding tert-OH is 1. The van der Waals surface area contributed by atoms with Crippen molar-refractivity contribution in [1.29, 1.82) is 0 Å². The summed E-state index contributed by atoms with van der Waals surface area (Å²) in [5, 5.41) is 21.7.